The van der Waals surface area contributed by atoms with Crippen LogP contribution in [-0.4, -0.2) is 15.8 Å². The van der Waals surface area contributed by atoms with E-state index in [0.717, 1.165) is 0 Å². The largest absolute Gasteiger partial charge is 0.396 e. The molecule has 0 amide bonds. The van der Waals surface area contributed by atoms with Crippen molar-refractivity contribution in [1.82, 2.24) is 9.97 Å². The van der Waals surface area contributed by atoms with E-state index in [0.29, 0.717) is 32.8 Å². The summed E-state index contributed by atoms with van der Waals surface area (Å²) >= 11 is 22.6. The fourth-order valence-electron chi connectivity index (χ4n) is 1.99. The van der Waals surface area contributed by atoms with E-state index < -0.39 is 0 Å². The van der Waals surface area contributed by atoms with Gasteiger partial charge in [0.05, 0.1) is 18.3 Å². The highest BCUT2D eigenvalue weighted by atomic mass is 35.5. The summed E-state index contributed by atoms with van der Waals surface area (Å²) in [5.41, 5.74) is 7.45. The summed E-state index contributed by atoms with van der Waals surface area (Å²) in [5, 5.41) is 8.46. The number of nitrogen functional groups attached to an aromatic ring is 1. The van der Waals surface area contributed by atoms with Crippen molar-refractivity contribution >= 4 is 63.6 Å². The van der Waals surface area contributed by atoms with Crippen molar-refractivity contribution in [3.05, 3.63) is 91.7 Å². The number of hydrogen-bond donors (Lipinski definition) is 1. The monoisotopic (exact) mass is 493 g/mol. The molecule has 31 heavy (non-hydrogen) atoms. The molecule has 3 rings (SSSR count). The maximum Gasteiger partial charge on any atom is 0.187 e. The Morgan fingerprint density at radius 3 is 1.97 bits per heavy atom. The van der Waals surface area contributed by atoms with Gasteiger partial charge in [-0.25, -0.2) is 14.8 Å². The zero-order valence-corrected chi connectivity index (χ0v) is 19.1. The summed E-state index contributed by atoms with van der Waals surface area (Å²) < 4.78 is 0. The zero-order chi connectivity index (χ0) is 23.4. The van der Waals surface area contributed by atoms with E-state index in [1.807, 2.05) is 0 Å². The predicted molar refractivity (Wildman–Crippen MR) is 125 cm³/mol. The molecule has 0 bridgehead atoms. The van der Waals surface area contributed by atoms with Gasteiger partial charge in [0.15, 0.2) is 16.6 Å². The molecule has 2 heterocycles. The number of benzene rings is 1. The number of pyridine rings is 2. The number of carbonyl (C=O) groups excluding carboxylic acids is 1. The molecule has 1 aromatic carbocycles. The van der Waals surface area contributed by atoms with Crippen LogP contribution < -0.4 is 5.73 Å². The Hall–Kier alpha value is -2.87. The summed E-state index contributed by atoms with van der Waals surface area (Å²) in [5.74, 6) is -0.0810. The minimum Gasteiger partial charge on any atom is -0.396 e. The fourth-order valence-corrected chi connectivity index (χ4v) is 2.75. The zero-order valence-electron chi connectivity index (χ0n) is 16.1. The number of halogens is 4. The molecule has 0 saturated carbocycles. The van der Waals surface area contributed by atoms with E-state index in [4.69, 9.17) is 64.0 Å². The molecule has 6 nitrogen and oxygen atoms in total. The van der Waals surface area contributed by atoms with Crippen LogP contribution in [-0.2, 0) is 6.42 Å². The molecule has 0 unspecified atom stereocenters. The molecule has 0 atom stereocenters. The van der Waals surface area contributed by atoms with E-state index >= 15 is 0 Å². The lowest BCUT2D eigenvalue weighted by atomic mass is 10.0. The molecule has 0 radical (unpaired) electrons. The van der Waals surface area contributed by atoms with Gasteiger partial charge in [0.1, 0.15) is 15.5 Å². The van der Waals surface area contributed by atoms with Crippen LogP contribution in [0.3, 0.4) is 0 Å². The topological polar surface area (TPSA) is 97.0 Å². The Balaban J connectivity index is 0.000000333. The third kappa shape index (κ3) is 9.21. The number of nitriles is 1. The second-order valence-corrected chi connectivity index (χ2v) is 7.07. The lowest BCUT2D eigenvalue weighted by molar-refractivity contribution is 0.0993. The molecule has 0 fully saturated rings. The lowest BCUT2D eigenvalue weighted by Crippen LogP contribution is -2.04. The van der Waals surface area contributed by atoms with Gasteiger partial charge in [-0.3, -0.25) is 4.79 Å². The number of nitrogens with two attached hydrogens (primary N) is 1. The van der Waals surface area contributed by atoms with E-state index in [2.05, 4.69) is 14.8 Å². The van der Waals surface area contributed by atoms with Crippen molar-refractivity contribution < 1.29 is 4.79 Å². The van der Waals surface area contributed by atoms with Gasteiger partial charge in [-0.15, -0.1) is 0 Å². The second-order valence-electron chi connectivity index (χ2n) is 5.58. The molecule has 0 aliphatic heterocycles. The van der Waals surface area contributed by atoms with Crippen molar-refractivity contribution in [2.45, 2.75) is 13.3 Å². The lowest BCUT2D eigenvalue weighted by Gasteiger charge is -2.04. The Morgan fingerprint density at radius 2 is 1.52 bits per heavy atom. The number of anilines is 1. The maximum atomic E-state index is 12.1. The standard InChI is InChI=1S/C14H8Cl2N2O.C5H4Cl2N2.C2H3N/c1-17-11-5-2-9(3-6-11)12(19)8-10-4-7-13(15)18-14(10)16;6-4-2-1-3(8)5(7)9-4;1-2-3/h2-7H,8H2;1-2H,8H2;1H3. The first-order chi connectivity index (χ1) is 14.7. The molecule has 3 aromatic rings. The highest BCUT2D eigenvalue weighted by molar-refractivity contribution is 6.34. The van der Waals surface area contributed by atoms with Gasteiger partial charge in [0.25, 0.3) is 0 Å². The van der Waals surface area contributed by atoms with Crippen LogP contribution >= 0.6 is 46.4 Å². The van der Waals surface area contributed by atoms with Crippen LogP contribution in [0.2, 0.25) is 20.6 Å². The van der Waals surface area contributed by atoms with Gasteiger partial charge in [0.2, 0.25) is 0 Å². The second kappa shape index (κ2) is 13.4. The van der Waals surface area contributed by atoms with Crippen LogP contribution in [0.25, 0.3) is 4.85 Å². The van der Waals surface area contributed by atoms with Crippen molar-refractivity contribution in [2.24, 2.45) is 0 Å². The quantitative estimate of drug-likeness (QED) is 0.243. The molecule has 0 spiro atoms. The van der Waals surface area contributed by atoms with Gasteiger partial charge in [-0.1, -0.05) is 76.7 Å². The molecule has 0 aliphatic carbocycles. The summed E-state index contributed by atoms with van der Waals surface area (Å²) in [6.45, 7) is 8.28. The number of ketones is 1. The number of aromatic nitrogens is 2. The average Bonchev–Trinajstić information content (AvgIpc) is 2.74. The van der Waals surface area contributed by atoms with Crippen LogP contribution in [0, 0.1) is 17.9 Å². The minimum atomic E-state index is -0.0810. The number of rotatable bonds is 3. The first-order valence-electron chi connectivity index (χ1n) is 8.41. The highest BCUT2D eigenvalue weighted by Gasteiger charge is 2.11. The highest BCUT2D eigenvalue weighted by Crippen LogP contribution is 2.20. The smallest absolute Gasteiger partial charge is 0.187 e. The van der Waals surface area contributed by atoms with Crippen molar-refractivity contribution in [1.29, 1.82) is 5.26 Å². The summed E-state index contributed by atoms with van der Waals surface area (Å²) in [6.07, 6.45) is 0.153. The first kappa shape index (κ1) is 26.2. The van der Waals surface area contributed by atoms with Crippen LogP contribution in [0.1, 0.15) is 22.8 Å². The summed E-state index contributed by atoms with van der Waals surface area (Å²) in [7, 11) is 0. The Morgan fingerprint density at radius 1 is 1.00 bits per heavy atom. The third-order valence-electron chi connectivity index (χ3n) is 3.40. The van der Waals surface area contributed by atoms with Gasteiger partial charge >= 0.3 is 0 Å². The van der Waals surface area contributed by atoms with Crippen molar-refractivity contribution in [3.63, 3.8) is 0 Å². The Labute approximate surface area is 200 Å². The summed E-state index contributed by atoms with van der Waals surface area (Å²) in [6, 6.07) is 14.7. The van der Waals surface area contributed by atoms with E-state index in [9.17, 15) is 4.79 Å². The molecule has 2 N–H and O–H groups in total. The minimum absolute atomic E-state index is 0.0810. The van der Waals surface area contributed by atoms with Crippen LogP contribution in [0.4, 0.5) is 11.4 Å². The average molecular weight is 495 g/mol. The van der Waals surface area contributed by atoms with Crippen LogP contribution in [0.5, 0.6) is 0 Å². The van der Waals surface area contributed by atoms with E-state index in [1.54, 1.807) is 54.6 Å². The number of hydrogen-bond acceptors (Lipinski definition) is 5. The van der Waals surface area contributed by atoms with E-state index in [1.165, 1.54) is 6.92 Å². The number of Topliss-reactive ketones (excluding diaryl/α,β-unsaturated/α-hetero) is 1. The van der Waals surface area contributed by atoms with Gasteiger partial charge in [-0.05, 0) is 23.8 Å². The maximum absolute atomic E-state index is 12.1. The van der Waals surface area contributed by atoms with Gasteiger partial charge in [0, 0.05) is 18.9 Å². The summed E-state index contributed by atoms with van der Waals surface area (Å²) in [4.78, 5) is 22.9. The molecule has 0 saturated heterocycles. The molecule has 158 valence electrons. The van der Waals surface area contributed by atoms with Crippen molar-refractivity contribution in [2.75, 3.05) is 5.73 Å². The predicted octanol–water partition coefficient (Wildman–Crippen LogP) is 6.87. The van der Waals surface area contributed by atoms with E-state index in [-0.39, 0.29) is 22.5 Å². The van der Waals surface area contributed by atoms with Gasteiger partial charge < -0.3 is 5.73 Å². The molecular formula is C21H15Cl4N5O. The fraction of sp³-hybridized carbons (Fsp3) is 0.0952. The van der Waals surface area contributed by atoms with Crippen LogP contribution in [0.15, 0.2) is 48.5 Å². The number of nitrogens with zero attached hydrogens (tertiary/aromatic N) is 4. The van der Waals surface area contributed by atoms with Gasteiger partial charge in [-0.2, -0.15) is 5.26 Å². The SMILES string of the molecule is CC#N.Nc1ccc(Cl)nc1Cl.[C-]#[N+]c1ccc(C(=O)Cc2ccc(Cl)nc2Cl)cc1. The molecule has 2 aromatic heterocycles. The molecule has 0 aliphatic rings. The molecule has 10 heteroatoms. The number of carbonyl (C=O) groups is 1. The third-order valence-corrected chi connectivity index (χ3v) is 4.46. The Kier molecular flexibility index (Phi) is 11.3. The Bertz CT molecular complexity index is 1120. The first-order valence-corrected chi connectivity index (χ1v) is 9.93. The normalized spacial score (nSPS) is 9.13. The molecular weight excluding hydrogens is 480 g/mol. The van der Waals surface area contributed by atoms with Crippen molar-refractivity contribution in [3.8, 4) is 6.07 Å².